The Morgan fingerprint density at radius 3 is 2.37 bits per heavy atom. The fourth-order valence-corrected chi connectivity index (χ4v) is 4.62. The molecule has 1 aliphatic rings. The van der Waals surface area contributed by atoms with Crippen molar-refractivity contribution in [1.82, 2.24) is 9.21 Å². The first-order valence-electron chi connectivity index (χ1n) is 8.95. The lowest BCUT2D eigenvalue weighted by Gasteiger charge is -2.34. The van der Waals surface area contributed by atoms with E-state index in [9.17, 15) is 13.2 Å². The van der Waals surface area contributed by atoms with Crippen molar-refractivity contribution < 1.29 is 22.7 Å². The second kappa shape index (κ2) is 8.90. The third kappa shape index (κ3) is 4.53. The van der Waals surface area contributed by atoms with Gasteiger partial charge in [-0.3, -0.25) is 4.79 Å². The zero-order valence-electron chi connectivity index (χ0n) is 16.3. The maximum Gasteiger partial charge on any atom is 0.243 e. The van der Waals surface area contributed by atoms with E-state index in [0.29, 0.717) is 44.0 Å². The topological polar surface area (TPSA) is 102 Å². The molecule has 0 aliphatic carbocycles. The molecule has 1 fully saturated rings. The van der Waals surface area contributed by atoms with E-state index in [1.807, 2.05) is 6.92 Å². The van der Waals surface area contributed by atoms with Crippen molar-refractivity contribution in [3.05, 3.63) is 18.2 Å². The summed E-state index contributed by atoms with van der Waals surface area (Å²) < 4.78 is 37.7. The minimum Gasteiger partial charge on any atom is -0.493 e. The molecule has 1 heterocycles. The van der Waals surface area contributed by atoms with Gasteiger partial charge in [-0.2, -0.15) is 4.31 Å². The molecule has 8 nitrogen and oxygen atoms in total. The summed E-state index contributed by atoms with van der Waals surface area (Å²) in [6, 6.07) is 4.50. The molecule has 0 aromatic heterocycles. The molecule has 1 atom stereocenters. The van der Waals surface area contributed by atoms with Crippen molar-refractivity contribution in [3.63, 3.8) is 0 Å². The fraction of sp³-hybridized carbons (Fsp3) is 0.611. The van der Waals surface area contributed by atoms with Gasteiger partial charge in [0.05, 0.1) is 19.1 Å². The average molecular weight is 400 g/mol. The van der Waals surface area contributed by atoms with Crippen molar-refractivity contribution in [2.45, 2.75) is 30.7 Å². The second-order valence-corrected chi connectivity index (χ2v) is 8.67. The number of carbonyl (C=O) groups excluding carboxylic acids is 1. The summed E-state index contributed by atoms with van der Waals surface area (Å²) in [6.45, 7) is 2.90. The summed E-state index contributed by atoms with van der Waals surface area (Å²) in [4.78, 5) is 14.4. The molecule has 1 unspecified atom stereocenters. The van der Waals surface area contributed by atoms with E-state index in [1.54, 1.807) is 18.0 Å². The number of rotatable bonds is 7. The van der Waals surface area contributed by atoms with Crippen LogP contribution in [0.3, 0.4) is 0 Å². The Kier molecular flexibility index (Phi) is 7.07. The normalized spacial score (nSPS) is 17.4. The highest BCUT2D eigenvalue weighted by Crippen LogP contribution is 2.32. The molecule has 0 spiro atoms. The number of benzene rings is 1. The van der Waals surface area contributed by atoms with Crippen LogP contribution >= 0.6 is 0 Å². The monoisotopic (exact) mass is 399 g/mol. The average Bonchev–Trinajstić information content (AvgIpc) is 2.71. The molecule has 0 saturated carbocycles. The van der Waals surface area contributed by atoms with Crippen molar-refractivity contribution in [2.75, 3.05) is 40.9 Å². The SMILES string of the molecule is COc1ccc(S(=O)(=O)N2CCC(C(=O)N(C)C(C)CN)CC2)cc1OC. The summed E-state index contributed by atoms with van der Waals surface area (Å²) >= 11 is 0. The van der Waals surface area contributed by atoms with Gasteiger partial charge in [0, 0.05) is 44.7 Å². The Morgan fingerprint density at radius 2 is 1.85 bits per heavy atom. The number of piperidine rings is 1. The van der Waals surface area contributed by atoms with E-state index < -0.39 is 10.0 Å². The largest absolute Gasteiger partial charge is 0.493 e. The molecule has 1 aromatic carbocycles. The van der Waals surface area contributed by atoms with Crippen molar-refractivity contribution >= 4 is 15.9 Å². The lowest BCUT2D eigenvalue weighted by molar-refractivity contribution is -0.137. The summed E-state index contributed by atoms with van der Waals surface area (Å²) in [7, 11) is 1.04. The Morgan fingerprint density at radius 1 is 1.26 bits per heavy atom. The molecule has 1 amide bonds. The van der Waals surface area contributed by atoms with Crippen LogP contribution in [0.25, 0.3) is 0 Å². The minimum atomic E-state index is -3.66. The van der Waals surface area contributed by atoms with Crippen LogP contribution in [0, 0.1) is 5.92 Å². The maximum absolute atomic E-state index is 12.9. The number of hydrogen-bond donors (Lipinski definition) is 1. The summed E-state index contributed by atoms with van der Waals surface area (Å²) in [5, 5.41) is 0. The Hall–Kier alpha value is -1.84. The first-order chi connectivity index (χ1) is 12.8. The molecular formula is C18H29N3O5S. The van der Waals surface area contributed by atoms with Crippen LogP contribution in [-0.2, 0) is 14.8 Å². The summed E-state index contributed by atoms with van der Waals surface area (Å²) in [6.07, 6.45) is 0.986. The second-order valence-electron chi connectivity index (χ2n) is 6.73. The van der Waals surface area contributed by atoms with Crippen LogP contribution in [0.5, 0.6) is 11.5 Å². The van der Waals surface area contributed by atoms with Gasteiger partial charge < -0.3 is 20.1 Å². The van der Waals surface area contributed by atoms with Crippen LogP contribution in [0.1, 0.15) is 19.8 Å². The van der Waals surface area contributed by atoms with E-state index in [-0.39, 0.29) is 22.8 Å². The number of methoxy groups -OCH3 is 2. The van der Waals surface area contributed by atoms with E-state index in [4.69, 9.17) is 15.2 Å². The Balaban J connectivity index is 2.09. The quantitative estimate of drug-likeness (QED) is 0.731. The fourth-order valence-electron chi connectivity index (χ4n) is 3.13. The Labute approximate surface area is 161 Å². The first-order valence-corrected chi connectivity index (χ1v) is 10.4. The highest BCUT2D eigenvalue weighted by Gasteiger charge is 2.34. The molecule has 1 aliphatic heterocycles. The standard InChI is InChI=1S/C18H29N3O5S/c1-13(12-19)20(2)18(22)14-7-9-21(10-8-14)27(23,24)15-5-6-16(25-3)17(11-15)26-4/h5-6,11,13-14H,7-10,12,19H2,1-4H3. The molecule has 152 valence electrons. The number of sulfonamides is 1. The molecule has 2 N–H and O–H groups in total. The van der Waals surface area contributed by atoms with Crippen LogP contribution in [0.2, 0.25) is 0 Å². The zero-order chi connectivity index (χ0) is 20.2. The lowest BCUT2D eigenvalue weighted by atomic mass is 9.96. The van der Waals surface area contributed by atoms with Gasteiger partial charge in [-0.05, 0) is 31.9 Å². The third-order valence-electron chi connectivity index (χ3n) is 5.15. The van der Waals surface area contributed by atoms with Crippen molar-refractivity contribution in [2.24, 2.45) is 11.7 Å². The highest BCUT2D eigenvalue weighted by molar-refractivity contribution is 7.89. The maximum atomic E-state index is 12.9. The third-order valence-corrected chi connectivity index (χ3v) is 7.04. The molecule has 0 radical (unpaired) electrons. The highest BCUT2D eigenvalue weighted by atomic mass is 32.2. The molecule has 9 heteroatoms. The number of ether oxygens (including phenoxy) is 2. The van der Waals surface area contributed by atoms with Gasteiger partial charge in [-0.1, -0.05) is 0 Å². The molecular weight excluding hydrogens is 370 g/mol. The van der Waals surface area contributed by atoms with Gasteiger partial charge in [0.15, 0.2) is 11.5 Å². The summed E-state index contributed by atoms with van der Waals surface area (Å²) in [5.74, 6) is 0.677. The number of nitrogens with two attached hydrogens (primary N) is 1. The van der Waals surface area contributed by atoms with Gasteiger partial charge in [0.1, 0.15) is 0 Å². The van der Waals surface area contributed by atoms with Crippen LogP contribution in [0.4, 0.5) is 0 Å². The molecule has 1 saturated heterocycles. The minimum absolute atomic E-state index is 0.0242. The van der Waals surface area contributed by atoms with Crippen LogP contribution in [-0.4, -0.2) is 70.5 Å². The van der Waals surface area contributed by atoms with E-state index in [2.05, 4.69) is 0 Å². The van der Waals surface area contributed by atoms with E-state index >= 15 is 0 Å². The molecule has 1 aromatic rings. The zero-order valence-corrected chi connectivity index (χ0v) is 17.2. The number of carbonyl (C=O) groups is 1. The number of amides is 1. The molecule has 2 rings (SSSR count). The van der Waals surface area contributed by atoms with Gasteiger partial charge >= 0.3 is 0 Å². The molecule has 27 heavy (non-hydrogen) atoms. The smallest absolute Gasteiger partial charge is 0.243 e. The van der Waals surface area contributed by atoms with Crippen molar-refractivity contribution in [1.29, 1.82) is 0 Å². The predicted molar refractivity (Wildman–Crippen MR) is 102 cm³/mol. The number of nitrogens with zero attached hydrogens (tertiary/aromatic N) is 2. The molecule has 0 bridgehead atoms. The van der Waals surface area contributed by atoms with E-state index in [1.165, 1.54) is 30.7 Å². The van der Waals surface area contributed by atoms with E-state index in [0.717, 1.165) is 0 Å². The summed E-state index contributed by atoms with van der Waals surface area (Å²) in [5.41, 5.74) is 5.63. The van der Waals surface area contributed by atoms with Crippen LogP contribution in [0.15, 0.2) is 23.1 Å². The lowest BCUT2D eigenvalue weighted by Crippen LogP contribution is -2.47. The van der Waals surface area contributed by atoms with Crippen molar-refractivity contribution in [3.8, 4) is 11.5 Å². The number of hydrogen-bond acceptors (Lipinski definition) is 6. The van der Waals surface area contributed by atoms with Crippen LogP contribution < -0.4 is 15.2 Å². The predicted octanol–water partition coefficient (Wildman–Crippen LogP) is 0.910. The van der Waals surface area contributed by atoms with Gasteiger partial charge in [-0.25, -0.2) is 8.42 Å². The van der Waals surface area contributed by atoms with Gasteiger partial charge in [-0.15, -0.1) is 0 Å². The number of likely N-dealkylation sites (N-methyl/N-ethyl adjacent to an activating group) is 1. The van der Waals surface area contributed by atoms with Gasteiger partial charge in [0.2, 0.25) is 15.9 Å². The first kappa shape index (κ1) is 21.5. The van der Waals surface area contributed by atoms with Gasteiger partial charge in [0.25, 0.3) is 0 Å². The Bertz CT molecular complexity index is 760.